The van der Waals surface area contributed by atoms with Gasteiger partial charge in [-0.2, -0.15) is 10.2 Å². The Balaban J connectivity index is 1.66. The van der Waals surface area contributed by atoms with Crippen molar-refractivity contribution in [1.29, 1.82) is 5.26 Å². The lowest BCUT2D eigenvalue weighted by atomic mass is 10.1. The van der Waals surface area contributed by atoms with Gasteiger partial charge in [-0.1, -0.05) is 22.8 Å². The average Bonchev–Trinajstić information content (AvgIpc) is 3.09. The van der Waals surface area contributed by atoms with Gasteiger partial charge in [-0.3, -0.25) is 0 Å². The number of carbonyl (C=O) groups excluding carboxylic acids is 1. The molecule has 0 radical (unpaired) electrons. The summed E-state index contributed by atoms with van der Waals surface area (Å²) in [6, 6.07) is 15.2. The number of esters is 1. The van der Waals surface area contributed by atoms with Gasteiger partial charge in [-0.05, 0) is 42.5 Å². The monoisotopic (exact) mass is 339 g/mol. The van der Waals surface area contributed by atoms with Crippen LogP contribution in [0.2, 0.25) is 5.02 Å². The minimum Gasteiger partial charge on any atom is -0.452 e. The fourth-order valence-corrected chi connectivity index (χ4v) is 2.08. The van der Waals surface area contributed by atoms with Gasteiger partial charge in [0, 0.05) is 10.6 Å². The van der Waals surface area contributed by atoms with E-state index in [0.717, 1.165) is 5.56 Å². The maximum Gasteiger partial charge on any atom is 0.338 e. The minimum atomic E-state index is -0.571. The molecule has 2 aromatic carbocycles. The summed E-state index contributed by atoms with van der Waals surface area (Å²) < 4.78 is 10.2. The van der Waals surface area contributed by atoms with E-state index < -0.39 is 5.97 Å². The van der Waals surface area contributed by atoms with Gasteiger partial charge in [-0.25, -0.2) is 4.79 Å². The smallest absolute Gasteiger partial charge is 0.338 e. The lowest BCUT2D eigenvalue weighted by Gasteiger charge is -2.01. The number of ether oxygens (including phenoxy) is 1. The average molecular weight is 340 g/mol. The Kier molecular flexibility index (Phi) is 4.54. The minimum absolute atomic E-state index is 0.157. The number of aromatic nitrogens is 2. The standard InChI is InChI=1S/C17H10ClN3O3/c18-14-6-4-12(5-7-14)16-20-15(24-21-16)10-23-17(22)13-3-1-2-11(8-13)9-19/h1-8H,10H2. The van der Waals surface area contributed by atoms with Crippen molar-refractivity contribution in [3.8, 4) is 17.5 Å². The molecule has 24 heavy (non-hydrogen) atoms. The molecule has 118 valence electrons. The maximum atomic E-state index is 12.0. The molecule has 7 heteroatoms. The van der Waals surface area contributed by atoms with Gasteiger partial charge in [0.15, 0.2) is 6.61 Å². The van der Waals surface area contributed by atoms with Crippen LogP contribution in [0.1, 0.15) is 21.8 Å². The van der Waals surface area contributed by atoms with E-state index in [4.69, 9.17) is 26.1 Å². The molecule has 1 heterocycles. The summed E-state index contributed by atoms with van der Waals surface area (Å²) in [5.74, 6) is -0.0210. The van der Waals surface area contributed by atoms with Gasteiger partial charge in [-0.15, -0.1) is 0 Å². The molecule has 0 atom stereocenters. The molecule has 0 spiro atoms. The van der Waals surface area contributed by atoms with E-state index in [9.17, 15) is 4.79 Å². The fourth-order valence-electron chi connectivity index (χ4n) is 1.96. The fraction of sp³-hybridized carbons (Fsp3) is 0.0588. The first-order chi connectivity index (χ1) is 11.7. The Morgan fingerprint density at radius 3 is 2.79 bits per heavy atom. The van der Waals surface area contributed by atoms with Crippen molar-refractivity contribution in [1.82, 2.24) is 10.1 Å². The van der Waals surface area contributed by atoms with Gasteiger partial charge < -0.3 is 9.26 Å². The van der Waals surface area contributed by atoms with E-state index in [1.165, 1.54) is 6.07 Å². The molecular weight excluding hydrogens is 330 g/mol. The third-order valence-corrected chi connectivity index (χ3v) is 3.38. The summed E-state index contributed by atoms with van der Waals surface area (Å²) in [6.07, 6.45) is 0. The lowest BCUT2D eigenvalue weighted by Crippen LogP contribution is -2.05. The van der Waals surface area contributed by atoms with Crippen molar-refractivity contribution in [2.45, 2.75) is 6.61 Å². The van der Waals surface area contributed by atoms with Crippen LogP contribution in [0.15, 0.2) is 53.1 Å². The van der Waals surface area contributed by atoms with E-state index in [2.05, 4.69) is 10.1 Å². The molecule has 0 aliphatic rings. The normalized spacial score (nSPS) is 10.2. The van der Waals surface area contributed by atoms with Crippen LogP contribution in [0.3, 0.4) is 0 Å². The van der Waals surface area contributed by atoms with Gasteiger partial charge in [0.1, 0.15) is 0 Å². The Morgan fingerprint density at radius 2 is 2.04 bits per heavy atom. The van der Waals surface area contributed by atoms with Crippen LogP contribution >= 0.6 is 11.6 Å². The molecule has 0 saturated carbocycles. The highest BCUT2D eigenvalue weighted by atomic mass is 35.5. The van der Waals surface area contributed by atoms with Crippen molar-refractivity contribution in [2.24, 2.45) is 0 Å². The largest absolute Gasteiger partial charge is 0.452 e. The summed E-state index contributed by atoms with van der Waals surface area (Å²) >= 11 is 5.83. The second kappa shape index (κ2) is 6.94. The molecule has 3 rings (SSSR count). The Bertz CT molecular complexity index is 913. The van der Waals surface area contributed by atoms with E-state index in [-0.39, 0.29) is 18.1 Å². The molecule has 3 aromatic rings. The molecule has 0 aliphatic heterocycles. The molecule has 0 bridgehead atoms. The molecule has 1 aromatic heterocycles. The zero-order valence-corrected chi connectivity index (χ0v) is 13.0. The van der Waals surface area contributed by atoms with Crippen LogP contribution in [-0.4, -0.2) is 16.1 Å². The van der Waals surface area contributed by atoms with Crippen molar-refractivity contribution in [3.05, 3.63) is 70.6 Å². The highest BCUT2D eigenvalue weighted by molar-refractivity contribution is 6.30. The van der Waals surface area contributed by atoms with E-state index >= 15 is 0 Å². The van der Waals surface area contributed by atoms with Gasteiger partial charge in [0.2, 0.25) is 5.82 Å². The molecule has 0 fully saturated rings. The highest BCUT2D eigenvalue weighted by Crippen LogP contribution is 2.19. The zero-order chi connectivity index (χ0) is 16.9. The number of nitrogens with zero attached hydrogens (tertiary/aromatic N) is 3. The lowest BCUT2D eigenvalue weighted by molar-refractivity contribution is 0.0430. The first-order valence-electron chi connectivity index (χ1n) is 6.91. The van der Waals surface area contributed by atoms with Crippen molar-refractivity contribution in [2.75, 3.05) is 0 Å². The Morgan fingerprint density at radius 1 is 1.25 bits per heavy atom. The topological polar surface area (TPSA) is 89.0 Å². The maximum absolute atomic E-state index is 12.0. The third kappa shape index (κ3) is 3.59. The van der Waals surface area contributed by atoms with Gasteiger partial charge in [0.05, 0.1) is 17.2 Å². The van der Waals surface area contributed by atoms with Crippen LogP contribution in [-0.2, 0) is 11.3 Å². The molecule has 0 unspecified atom stereocenters. The summed E-state index contributed by atoms with van der Waals surface area (Å²) in [5.41, 5.74) is 1.40. The summed E-state index contributed by atoms with van der Waals surface area (Å²) in [6.45, 7) is -0.157. The van der Waals surface area contributed by atoms with E-state index in [0.29, 0.717) is 16.4 Å². The second-order valence-electron chi connectivity index (χ2n) is 4.79. The van der Waals surface area contributed by atoms with Crippen molar-refractivity contribution < 1.29 is 14.1 Å². The number of hydrogen-bond acceptors (Lipinski definition) is 6. The van der Waals surface area contributed by atoms with Gasteiger partial charge >= 0.3 is 5.97 Å². The van der Waals surface area contributed by atoms with Gasteiger partial charge in [0.25, 0.3) is 5.89 Å². The third-order valence-electron chi connectivity index (χ3n) is 3.12. The summed E-state index contributed by atoms with van der Waals surface area (Å²) in [7, 11) is 0. The number of nitriles is 1. The van der Waals surface area contributed by atoms with Crippen LogP contribution < -0.4 is 0 Å². The number of benzene rings is 2. The van der Waals surface area contributed by atoms with E-state index in [1.807, 2.05) is 6.07 Å². The van der Waals surface area contributed by atoms with Crippen molar-refractivity contribution >= 4 is 17.6 Å². The Hall–Kier alpha value is -3.17. The van der Waals surface area contributed by atoms with Crippen LogP contribution in [0.25, 0.3) is 11.4 Å². The SMILES string of the molecule is N#Cc1cccc(C(=O)OCc2nc(-c3ccc(Cl)cc3)no2)c1. The molecule has 0 aliphatic carbocycles. The number of halogens is 1. The second-order valence-corrected chi connectivity index (χ2v) is 5.22. The first-order valence-corrected chi connectivity index (χ1v) is 7.29. The van der Waals surface area contributed by atoms with E-state index in [1.54, 1.807) is 42.5 Å². The molecular formula is C17H10ClN3O3. The summed E-state index contributed by atoms with van der Waals surface area (Å²) in [5, 5.41) is 13.3. The zero-order valence-electron chi connectivity index (χ0n) is 12.3. The summed E-state index contributed by atoms with van der Waals surface area (Å²) in [4.78, 5) is 16.1. The predicted octanol–water partition coefficient (Wildman–Crippen LogP) is 3.62. The van der Waals surface area contributed by atoms with Crippen LogP contribution in [0.5, 0.6) is 0 Å². The number of carbonyl (C=O) groups is 1. The number of hydrogen-bond donors (Lipinski definition) is 0. The predicted molar refractivity (Wildman–Crippen MR) is 85.0 cm³/mol. The molecule has 6 nitrogen and oxygen atoms in total. The quantitative estimate of drug-likeness (QED) is 0.674. The number of rotatable bonds is 4. The Labute approximate surface area is 142 Å². The molecule has 0 amide bonds. The van der Waals surface area contributed by atoms with Crippen LogP contribution in [0, 0.1) is 11.3 Å². The van der Waals surface area contributed by atoms with Crippen molar-refractivity contribution in [3.63, 3.8) is 0 Å². The first kappa shape index (κ1) is 15.7. The van der Waals surface area contributed by atoms with Crippen LogP contribution in [0.4, 0.5) is 0 Å². The highest BCUT2D eigenvalue weighted by Gasteiger charge is 2.13. The molecule has 0 N–H and O–H groups in total. The molecule has 0 saturated heterocycles.